The maximum atomic E-state index is 12.4. The highest BCUT2D eigenvalue weighted by atomic mass is 16.5. The summed E-state index contributed by atoms with van der Waals surface area (Å²) in [7, 11) is 0. The van der Waals surface area contributed by atoms with Crippen LogP contribution in [0.5, 0.6) is 0 Å². The Balaban J connectivity index is 2.09. The number of ether oxygens (including phenoxy) is 1. The monoisotopic (exact) mass is 369 g/mol. The first-order valence-corrected chi connectivity index (χ1v) is 8.55. The predicted molar refractivity (Wildman–Crippen MR) is 102 cm³/mol. The Morgan fingerprint density at radius 1 is 0.963 bits per heavy atom. The van der Waals surface area contributed by atoms with E-state index in [1.165, 1.54) is 18.5 Å². The van der Waals surface area contributed by atoms with Crippen LogP contribution in [0.2, 0.25) is 0 Å². The molecule has 0 saturated carbocycles. The maximum absolute atomic E-state index is 12.4. The van der Waals surface area contributed by atoms with E-state index in [0.29, 0.717) is 23.4 Å². The molecule has 27 heavy (non-hydrogen) atoms. The van der Waals surface area contributed by atoms with Gasteiger partial charge in [0, 0.05) is 23.6 Å². The summed E-state index contributed by atoms with van der Waals surface area (Å²) in [4.78, 5) is 40.3. The van der Waals surface area contributed by atoms with E-state index in [2.05, 4.69) is 15.6 Å². The molecule has 0 bridgehead atoms. The number of rotatable bonds is 5. The van der Waals surface area contributed by atoms with Gasteiger partial charge in [-0.15, -0.1) is 0 Å². The molecule has 1 heterocycles. The summed E-state index contributed by atoms with van der Waals surface area (Å²) < 4.78 is 4.92. The topological polar surface area (TPSA) is 97.4 Å². The highest BCUT2D eigenvalue weighted by Crippen LogP contribution is 2.13. The number of esters is 1. The maximum Gasteiger partial charge on any atom is 0.338 e. The van der Waals surface area contributed by atoms with E-state index < -0.39 is 17.4 Å². The van der Waals surface area contributed by atoms with Gasteiger partial charge in [-0.2, -0.15) is 0 Å². The van der Waals surface area contributed by atoms with Gasteiger partial charge in [0.15, 0.2) is 0 Å². The van der Waals surface area contributed by atoms with Gasteiger partial charge < -0.3 is 15.4 Å². The number of hydrogen-bond donors (Lipinski definition) is 2. The fourth-order valence-electron chi connectivity index (χ4n) is 2.21. The third-order valence-corrected chi connectivity index (χ3v) is 3.41. The Kier molecular flexibility index (Phi) is 6.28. The van der Waals surface area contributed by atoms with Gasteiger partial charge in [-0.1, -0.05) is 0 Å². The normalized spacial score (nSPS) is 10.8. The molecule has 2 aromatic rings. The number of amides is 2. The molecule has 0 aliphatic rings. The van der Waals surface area contributed by atoms with Crippen LogP contribution in [0.25, 0.3) is 0 Å². The van der Waals surface area contributed by atoms with Crippen LogP contribution in [0.1, 0.15) is 58.8 Å². The van der Waals surface area contributed by atoms with Crippen molar-refractivity contribution in [2.45, 2.75) is 33.2 Å². The highest BCUT2D eigenvalue weighted by molar-refractivity contribution is 6.06. The van der Waals surface area contributed by atoms with E-state index in [1.54, 1.807) is 31.2 Å². The molecule has 142 valence electrons. The summed E-state index contributed by atoms with van der Waals surface area (Å²) in [6.07, 6.45) is 2.79. The molecule has 0 aliphatic carbocycles. The van der Waals surface area contributed by atoms with Crippen molar-refractivity contribution in [1.82, 2.24) is 10.3 Å². The molecule has 1 aromatic heterocycles. The molecule has 0 spiro atoms. The Bertz CT molecular complexity index is 839. The van der Waals surface area contributed by atoms with Crippen molar-refractivity contribution in [2.75, 3.05) is 11.9 Å². The molecule has 2 rings (SSSR count). The molecule has 7 nitrogen and oxygen atoms in total. The molecule has 2 N–H and O–H groups in total. The number of carbonyl (C=O) groups is 3. The lowest BCUT2D eigenvalue weighted by Gasteiger charge is -2.20. The zero-order chi connectivity index (χ0) is 20.0. The third kappa shape index (κ3) is 5.91. The summed E-state index contributed by atoms with van der Waals surface area (Å²) in [5, 5.41) is 5.53. The predicted octanol–water partition coefficient (Wildman–Crippen LogP) is 3.04. The Morgan fingerprint density at radius 2 is 1.56 bits per heavy atom. The summed E-state index contributed by atoms with van der Waals surface area (Å²) in [6.45, 7) is 7.64. The van der Waals surface area contributed by atoms with E-state index in [1.807, 2.05) is 20.8 Å². The number of aromatic nitrogens is 1. The molecule has 0 radical (unpaired) electrons. The number of benzene rings is 1. The van der Waals surface area contributed by atoms with Crippen LogP contribution >= 0.6 is 0 Å². The smallest absolute Gasteiger partial charge is 0.338 e. The number of nitrogens with one attached hydrogen (secondary N) is 2. The minimum Gasteiger partial charge on any atom is -0.462 e. The zero-order valence-corrected chi connectivity index (χ0v) is 15.8. The van der Waals surface area contributed by atoms with E-state index >= 15 is 0 Å². The van der Waals surface area contributed by atoms with Gasteiger partial charge in [-0.05, 0) is 58.0 Å². The summed E-state index contributed by atoms with van der Waals surface area (Å²) >= 11 is 0. The average molecular weight is 369 g/mol. The Morgan fingerprint density at radius 3 is 2.11 bits per heavy atom. The fraction of sp³-hybridized carbons (Fsp3) is 0.300. The molecule has 1 aromatic carbocycles. The number of carbonyl (C=O) groups excluding carboxylic acids is 3. The summed E-state index contributed by atoms with van der Waals surface area (Å²) in [6, 6.07) is 7.83. The zero-order valence-electron chi connectivity index (χ0n) is 15.8. The molecule has 0 saturated heterocycles. The van der Waals surface area contributed by atoms with E-state index in [0.717, 1.165) is 0 Å². The first kappa shape index (κ1) is 20.1. The van der Waals surface area contributed by atoms with Crippen LogP contribution in [0.15, 0.2) is 42.7 Å². The van der Waals surface area contributed by atoms with Gasteiger partial charge in [0.2, 0.25) is 0 Å². The Labute approximate surface area is 158 Å². The quantitative estimate of drug-likeness (QED) is 0.790. The van der Waals surface area contributed by atoms with Crippen LogP contribution in [-0.2, 0) is 4.74 Å². The molecule has 0 atom stereocenters. The minimum atomic E-state index is -0.419. The van der Waals surface area contributed by atoms with Gasteiger partial charge in [0.1, 0.15) is 0 Å². The first-order valence-electron chi connectivity index (χ1n) is 8.55. The highest BCUT2D eigenvalue weighted by Gasteiger charge is 2.17. The fourth-order valence-corrected chi connectivity index (χ4v) is 2.21. The third-order valence-electron chi connectivity index (χ3n) is 3.41. The number of nitrogens with zero attached hydrogens (tertiary/aromatic N) is 1. The van der Waals surface area contributed by atoms with Crippen molar-refractivity contribution < 1.29 is 19.1 Å². The van der Waals surface area contributed by atoms with Gasteiger partial charge in [-0.25, -0.2) is 4.79 Å². The largest absolute Gasteiger partial charge is 0.462 e. The average Bonchev–Trinajstić information content (AvgIpc) is 2.61. The van der Waals surface area contributed by atoms with Crippen molar-refractivity contribution in [1.29, 1.82) is 0 Å². The van der Waals surface area contributed by atoms with Crippen molar-refractivity contribution in [3.8, 4) is 0 Å². The summed E-state index contributed by atoms with van der Waals surface area (Å²) in [5.74, 6) is -1.13. The lowest BCUT2D eigenvalue weighted by molar-refractivity contribution is 0.0526. The van der Waals surface area contributed by atoms with Crippen LogP contribution in [-0.4, -0.2) is 34.9 Å². The second-order valence-electron chi connectivity index (χ2n) is 6.92. The van der Waals surface area contributed by atoms with E-state index in [-0.39, 0.29) is 11.5 Å². The van der Waals surface area contributed by atoms with Gasteiger partial charge in [-0.3, -0.25) is 14.6 Å². The molecular formula is C20H23N3O4. The SMILES string of the molecule is CCOC(=O)c1ccc(NC(=O)c2cncc(C(=O)NC(C)(C)C)c2)cc1. The molecule has 2 amide bonds. The molecule has 0 aliphatic heterocycles. The standard InChI is InChI=1S/C20H23N3O4/c1-5-27-19(26)13-6-8-16(9-7-13)22-17(24)14-10-15(12-21-11-14)18(25)23-20(2,3)4/h6-12H,5H2,1-4H3,(H,22,24)(H,23,25). The minimum absolute atomic E-state index is 0.256. The van der Waals surface area contributed by atoms with Crippen molar-refractivity contribution in [2.24, 2.45) is 0 Å². The van der Waals surface area contributed by atoms with Gasteiger partial charge in [0.25, 0.3) is 11.8 Å². The Hall–Kier alpha value is -3.22. The number of pyridine rings is 1. The first-order chi connectivity index (χ1) is 12.7. The number of anilines is 1. The second-order valence-corrected chi connectivity index (χ2v) is 6.92. The van der Waals surface area contributed by atoms with Crippen LogP contribution in [0.3, 0.4) is 0 Å². The van der Waals surface area contributed by atoms with Crippen molar-refractivity contribution in [3.63, 3.8) is 0 Å². The molecule has 0 fully saturated rings. The van der Waals surface area contributed by atoms with Crippen molar-refractivity contribution >= 4 is 23.5 Å². The lowest BCUT2D eigenvalue weighted by Crippen LogP contribution is -2.40. The number of hydrogen-bond acceptors (Lipinski definition) is 5. The van der Waals surface area contributed by atoms with Crippen LogP contribution in [0, 0.1) is 0 Å². The van der Waals surface area contributed by atoms with Gasteiger partial charge in [0.05, 0.1) is 23.3 Å². The summed E-state index contributed by atoms with van der Waals surface area (Å²) in [5.41, 5.74) is 1.08. The van der Waals surface area contributed by atoms with E-state index in [9.17, 15) is 14.4 Å². The van der Waals surface area contributed by atoms with Crippen molar-refractivity contribution in [3.05, 3.63) is 59.4 Å². The van der Waals surface area contributed by atoms with Crippen LogP contribution in [0.4, 0.5) is 5.69 Å². The van der Waals surface area contributed by atoms with Gasteiger partial charge >= 0.3 is 5.97 Å². The van der Waals surface area contributed by atoms with Crippen LogP contribution < -0.4 is 10.6 Å². The molecule has 0 unspecified atom stereocenters. The second kappa shape index (κ2) is 8.44. The molecule has 7 heteroatoms. The molecular weight excluding hydrogens is 346 g/mol. The van der Waals surface area contributed by atoms with E-state index in [4.69, 9.17) is 4.74 Å². The lowest BCUT2D eigenvalue weighted by atomic mass is 10.1.